The van der Waals surface area contributed by atoms with E-state index in [0.717, 1.165) is 5.56 Å². The number of ether oxygens (including phenoxy) is 1. The van der Waals surface area contributed by atoms with Crippen molar-refractivity contribution in [1.29, 1.82) is 0 Å². The minimum atomic E-state index is -0.938. The van der Waals surface area contributed by atoms with Crippen molar-refractivity contribution in [2.75, 3.05) is 5.32 Å². The van der Waals surface area contributed by atoms with E-state index in [1.165, 1.54) is 6.92 Å². The van der Waals surface area contributed by atoms with Crippen molar-refractivity contribution < 1.29 is 18.7 Å². The number of esters is 1. The molecule has 0 bridgehead atoms. The Morgan fingerprint density at radius 2 is 1.74 bits per heavy atom. The molecule has 1 aromatic carbocycles. The molecule has 2 rings (SSSR count). The van der Waals surface area contributed by atoms with Gasteiger partial charge in [-0.05, 0) is 52.0 Å². The fraction of sp³-hybridized carbons (Fsp3) is 0.294. The maximum Gasteiger partial charge on any atom is 0.342 e. The lowest BCUT2D eigenvalue weighted by atomic mass is 10.1. The minimum absolute atomic E-state index is 0.369. The van der Waals surface area contributed by atoms with Crippen molar-refractivity contribution in [3.8, 4) is 0 Å². The number of aryl methyl sites for hydroxylation is 2. The number of amides is 1. The van der Waals surface area contributed by atoms with Crippen LogP contribution in [-0.2, 0) is 9.53 Å². The van der Waals surface area contributed by atoms with Crippen molar-refractivity contribution in [2.45, 2.75) is 33.8 Å². The maximum atomic E-state index is 12.2. The second-order valence-corrected chi connectivity index (χ2v) is 5.69. The third-order valence-corrected chi connectivity index (χ3v) is 3.78. The van der Waals surface area contributed by atoms with Crippen LogP contribution in [0.25, 0.3) is 0 Å². The molecular weight excluding hydrogens is 318 g/mol. The van der Waals surface area contributed by atoms with Crippen molar-refractivity contribution in [3.05, 3.63) is 51.9 Å². The predicted molar refractivity (Wildman–Crippen MR) is 87.9 cm³/mol. The third-order valence-electron chi connectivity index (χ3n) is 3.53. The van der Waals surface area contributed by atoms with Crippen LogP contribution >= 0.6 is 11.6 Å². The number of halogens is 1. The first-order chi connectivity index (χ1) is 10.8. The van der Waals surface area contributed by atoms with Gasteiger partial charge in [0.05, 0.1) is 0 Å². The molecular formula is C17H18ClNO4. The van der Waals surface area contributed by atoms with Gasteiger partial charge in [-0.25, -0.2) is 4.79 Å². The number of benzene rings is 1. The Labute approximate surface area is 139 Å². The molecule has 2 aromatic rings. The van der Waals surface area contributed by atoms with Crippen LogP contribution in [0.15, 0.2) is 28.7 Å². The molecule has 0 saturated carbocycles. The van der Waals surface area contributed by atoms with Gasteiger partial charge in [0.25, 0.3) is 5.91 Å². The van der Waals surface area contributed by atoms with E-state index in [2.05, 4.69) is 5.32 Å². The Balaban J connectivity index is 2.03. The highest BCUT2D eigenvalue weighted by atomic mass is 35.5. The third kappa shape index (κ3) is 3.93. The van der Waals surface area contributed by atoms with Gasteiger partial charge in [-0.2, -0.15) is 0 Å². The zero-order chi connectivity index (χ0) is 17.1. The predicted octanol–water partition coefficient (Wildman–Crippen LogP) is 4.04. The van der Waals surface area contributed by atoms with Gasteiger partial charge in [-0.1, -0.05) is 11.6 Å². The molecule has 0 aliphatic rings. The summed E-state index contributed by atoms with van der Waals surface area (Å²) in [6, 6.07) is 6.66. The number of anilines is 1. The van der Waals surface area contributed by atoms with Crippen molar-refractivity contribution >= 4 is 29.2 Å². The van der Waals surface area contributed by atoms with Gasteiger partial charge < -0.3 is 14.5 Å². The molecule has 5 nitrogen and oxygen atoms in total. The summed E-state index contributed by atoms with van der Waals surface area (Å²) in [5.41, 5.74) is 1.67. The van der Waals surface area contributed by atoms with Gasteiger partial charge in [-0.3, -0.25) is 4.79 Å². The summed E-state index contributed by atoms with van der Waals surface area (Å²) in [6.07, 6.45) is -0.938. The molecule has 23 heavy (non-hydrogen) atoms. The molecule has 1 atom stereocenters. The van der Waals surface area contributed by atoms with Crippen molar-refractivity contribution in [3.63, 3.8) is 0 Å². The number of carbonyl (C=O) groups is 2. The van der Waals surface area contributed by atoms with Gasteiger partial charge in [0.1, 0.15) is 17.1 Å². The summed E-state index contributed by atoms with van der Waals surface area (Å²) in [5.74, 6) is 0.148. The first-order valence-corrected chi connectivity index (χ1v) is 7.51. The monoisotopic (exact) mass is 335 g/mol. The van der Waals surface area contributed by atoms with Gasteiger partial charge >= 0.3 is 5.97 Å². The standard InChI is InChI=1S/C17H18ClNO4/c1-9-10(2)22-11(3)15(9)17(21)23-12(4)16(20)19-14-7-5-13(18)6-8-14/h5-8,12H,1-4H3,(H,19,20)/t12-/m0/s1. The molecule has 0 radical (unpaired) electrons. The van der Waals surface area contributed by atoms with Crippen LogP contribution in [-0.4, -0.2) is 18.0 Å². The molecule has 1 N–H and O–H groups in total. The average Bonchev–Trinajstić information content (AvgIpc) is 2.74. The number of furan rings is 1. The lowest BCUT2D eigenvalue weighted by Gasteiger charge is -2.13. The Hall–Kier alpha value is -2.27. The van der Waals surface area contributed by atoms with Crippen molar-refractivity contribution in [1.82, 2.24) is 0 Å². The molecule has 0 fully saturated rings. The molecule has 0 unspecified atom stereocenters. The van der Waals surface area contributed by atoms with Crippen LogP contribution in [0.4, 0.5) is 5.69 Å². The van der Waals surface area contributed by atoms with Gasteiger partial charge in [0, 0.05) is 16.3 Å². The summed E-state index contributed by atoms with van der Waals surface area (Å²) in [6.45, 7) is 6.76. The van der Waals surface area contributed by atoms with Gasteiger partial charge in [0.15, 0.2) is 6.10 Å². The summed E-state index contributed by atoms with van der Waals surface area (Å²) in [4.78, 5) is 24.3. The second-order valence-electron chi connectivity index (χ2n) is 5.26. The lowest BCUT2D eigenvalue weighted by Crippen LogP contribution is -2.30. The minimum Gasteiger partial charge on any atom is -0.465 e. The van der Waals surface area contributed by atoms with Gasteiger partial charge in [0.2, 0.25) is 0 Å². The van der Waals surface area contributed by atoms with E-state index in [4.69, 9.17) is 20.8 Å². The van der Waals surface area contributed by atoms with E-state index >= 15 is 0 Å². The molecule has 0 saturated heterocycles. The van der Waals surface area contributed by atoms with Crippen molar-refractivity contribution in [2.24, 2.45) is 0 Å². The summed E-state index contributed by atoms with van der Waals surface area (Å²) in [7, 11) is 0. The largest absolute Gasteiger partial charge is 0.465 e. The van der Waals surface area contributed by atoms with Crippen LogP contribution in [0.2, 0.25) is 5.02 Å². The zero-order valence-electron chi connectivity index (χ0n) is 13.4. The van der Waals surface area contributed by atoms with Gasteiger partial charge in [-0.15, -0.1) is 0 Å². The molecule has 122 valence electrons. The van der Waals surface area contributed by atoms with Crippen LogP contribution in [0.5, 0.6) is 0 Å². The Morgan fingerprint density at radius 1 is 1.13 bits per heavy atom. The second kappa shape index (κ2) is 6.87. The Kier molecular flexibility index (Phi) is 5.11. The average molecular weight is 336 g/mol. The molecule has 1 amide bonds. The number of hydrogen-bond donors (Lipinski definition) is 1. The lowest BCUT2D eigenvalue weighted by molar-refractivity contribution is -0.123. The van der Waals surface area contributed by atoms with E-state index in [1.807, 2.05) is 0 Å². The topological polar surface area (TPSA) is 68.5 Å². The first-order valence-electron chi connectivity index (χ1n) is 7.13. The van der Waals surface area contributed by atoms with E-state index in [-0.39, 0.29) is 0 Å². The molecule has 1 aromatic heterocycles. The zero-order valence-corrected chi connectivity index (χ0v) is 14.2. The Morgan fingerprint density at radius 3 is 2.26 bits per heavy atom. The highest BCUT2D eigenvalue weighted by Gasteiger charge is 2.24. The fourth-order valence-electron chi connectivity index (χ4n) is 2.14. The van der Waals surface area contributed by atoms with E-state index in [1.54, 1.807) is 45.0 Å². The summed E-state index contributed by atoms with van der Waals surface area (Å²) >= 11 is 5.79. The quantitative estimate of drug-likeness (QED) is 0.856. The molecule has 0 aliphatic heterocycles. The molecule has 0 aliphatic carbocycles. The SMILES string of the molecule is Cc1oc(C)c(C(=O)O[C@@H](C)C(=O)Nc2ccc(Cl)cc2)c1C. The summed E-state index contributed by atoms with van der Waals surface area (Å²) in [5, 5.41) is 3.23. The maximum absolute atomic E-state index is 12.2. The van der Waals surface area contributed by atoms with E-state index in [9.17, 15) is 9.59 Å². The number of rotatable bonds is 4. The fourth-order valence-corrected chi connectivity index (χ4v) is 2.27. The van der Waals surface area contributed by atoms with Crippen LogP contribution in [0.1, 0.15) is 34.4 Å². The van der Waals surface area contributed by atoms with Crippen LogP contribution in [0, 0.1) is 20.8 Å². The summed E-state index contributed by atoms with van der Waals surface area (Å²) < 4.78 is 10.6. The highest BCUT2D eigenvalue weighted by Crippen LogP contribution is 2.22. The molecule has 0 spiro atoms. The normalized spacial score (nSPS) is 11.9. The first kappa shape index (κ1) is 17.1. The highest BCUT2D eigenvalue weighted by molar-refractivity contribution is 6.30. The van der Waals surface area contributed by atoms with E-state index in [0.29, 0.717) is 27.8 Å². The number of hydrogen-bond acceptors (Lipinski definition) is 4. The number of carbonyl (C=O) groups excluding carboxylic acids is 2. The van der Waals surface area contributed by atoms with Crippen LogP contribution < -0.4 is 5.32 Å². The van der Waals surface area contributed by atoms with Crippen LogP contribution in [0.3, 0.4) is 0 Å². The van der Waals surface area contributed by atoms with E-state index < -0.39 is 18.0 Å². The molecule has 6 heteroatoms. The smallest absolute Gasteiger partial charge is 0.342 e. The Bertz CT molecular complexity index is 734. The molecule has 1 heterocycles. The number of nitrogens with one attached hydrogen (secondary N) is 1.